The summed E-state index contributed by atoms with van der Waals surface area (Å²) in [4.78, 5) is 23.6. The smallest absolute Gasteiger partial charge is 0.325 e. The van der Waals surface area contributed by atoms with Crippen LogP contribution < -0.4 is 5.32 Å². The maximum Gasteiger partial charge on any atom is 0.325 e. The van der Waals surface area contributed by atoms with Gasteiger partial charge in [-0.2, -0.15) is 0 Å². The van der Waals surface area contributed by atoms with Gasteiger partial charge in [0.05, 0.1) is 0 Å². The van der Waals surface area contributed by atoms with E-state index in [1.807, 2.05) is 17.0 Å². The molecule has 0 radical (unpaired) electrons. The second-order valence-corrected chi connectivity index (χ2v) is 10.5. The van der Waals surface area contributed by atoms with Gasteiger partial charge in [0.25, 0.3) is 0 Å². The fraction of sp³-hybridized carbons (Fsp3) is 0.607. The summed E-state index contributed by atoms with van der Waals surface area (Å²) < 4.78 is 15.2. The lowest BCUT2D eigenvalue weighted by Crippen LogP contribution is -2.34. The van der Waals surface area contributed by atoms with Crippen molar-refractivity contribution in [1.29, 1.82) is 0 Å². The molecule has 5 rings (SSSR count). The first-order valence-electron chi connectivity index (χ1n) is 13.4. The number of aromatic nitrogens is 2. The molecule has 6 nitrogen and oxygen atoms in total. The van der Waals surface area contributed by atoms with E-state index < -0.39 is 18.2 Å². The fourth-order valence-corrected chi connectivity index (χ4v) is 5.90. The van der Waals surface area contributed by atoms with Crippen LogP contribution in [0.25, 0.3) is 0 Å². The van der Waals surface area contributed by atoms with E-state index in [1.54, 1.807) is 6.20 Å². The highest BCUT2D eigenvalue weighted by atomic mass is 19.1. The van der Waals surface area contributed by atoms with Crippen molar-refractivity contribution in [1.82, 2.24) is 14.9 Å². The number of anilines is 1. The molecule has 7 heteroatoms. The monoisotopic (exact) mass is 480 g/mol. The Kier molecular flexibility index (Phi) is 7.61. The lowest BCUT2D eigenvalue weighted by molar-refractivity contribution is -0.143. The summed E-state index contributed by atoms with van der Waals surface area (Å²) >= 11 is 0. The Morgan fingerprint density at radius 1 is 1.20 bits per heavy atom. The van der Waals surface area contributed by atoms with Crippen molar-refractivity contribution >= 4 is 11.8 Å². The number of alkyl halides is 1. The van der Waals surface area contributed by atoms with E-state index in [1.165, 1.54) is 12.0 Å². The maximum atomic E-state index is 15.2. The molecule has 0 aromatic carbocycles. The van der Waals surface area contributed by atoms with E-state index in [0.717, 1.165) is 74.3 Å². The number of rotatable bonds is 10. The zero-order chi connectivity index (χ0) is 24.2. The van der Waals surface area contributed by atoms with Gasteiger partial charge in [-0.1, -0.05) is 25.0 Å². The van der Waals surface area contributed by atoms with Gasteiger partial charge in [-0.05, 0) is 75.6 Å². The number of carbonyl (C=O) groups is 1. The van der Waals surface area contributed by atoms with Crippen LogP contribution in [0.15, 0.2) is 30.5 Å². The van der Waals surface area contributed by atoms with Crippen molar-refractivity contribution in [2.24, 2.45) is 5.92 Å². The van der Waals surface area contributed by atoms with Crippen molar-refractivity contribution in [2.75, 3.05) is 25.0 Å². The Labute approximate surface area is 207 Å². The quantitative estimate of drug-likeness (QED) is 0.449. The summed E-state index contributed by atoms with van der Waals surface area (Å²) in [5.74, 6) is 0.416. The molecule has 0 bridgehead atoms. The van der Waals surface area contributed by atoms with Crippen LogP contribution in [0.4, 0.5) is 10.2 Å². The van der Waals surface area contributed by atoms with Crippen LogP contribution in [0.1, 0.15) is 85.8 Å². The predicted molar refractivity (Wildman–Crippen MR) is 134 cm³/mol. The number of unbranched alkanes of at least 4 members (excludes halogenated alkanes) is 1. The van der Waals surface area contributed by atoms with Crippen molar-refractivity contribution in [3.8, 4) is 0 Å². The number of nitrogens with zero attached hydrogens (tertiary/aromatic N) is 3. The van der Waals surface area contributed by atoms with Crippen LogP contribution in [0, 0.1) is 5.92 Å². The summed E-state index contributed by atoms with van der Waals surface area (Å²) in [7, 11) is 0. The first kappa shape index (κ1) is 24.2. The molecule has 188 valence electrons. The number of pyridine rings is 2. The zero-order valence-electron chi connectivity index (χ0n) is 20.5. The molecule has 2 aromatic rings. The van der Waals surface area contributed by atoms with Crippen LogP contribution in [0.2, 0.25) is 0 Å². The number of carboxylic acids is 1. The third-order valence-electron chi connectivity index (χ3n) is 8.14. The molecule has 2 fully saturated rings. The minimum Gasteiger partial charge on any atom is -0.480 e. The van der Waals surface area contributed by atoms with Gasteiger partial charge in [-0.3, -0.25) is 14.7 Å². The SMILES string of the molecule is O=C(O)[C@@H](c1cccnc1C1CCC1)N1CC[C@@H]([C@@H](F)CCCCc2ccc3c(n2)NCCC3)C1. The van der Waals surface area contributed by atoms with E-state index in [4.69, 9.17) is 4.98 Å². The number of fused-ring (bicyclic) bond motifs is 1. The normalized spacial score (nSPS) is 22.1. The van der Waals surface area contributed by atoms with Gasteiger partial charge >= 0.3 is 5.97 Å². The Balaban J connectivity index is 1.13. The molecule has 2 aromatic heterocycles. The summed E-state index contributed by atoms with van der Waals surface area (Å²) in [5.41, 5.74) is 4.09. The third-order valence-corrected chi connectivity index (χ3v) is 8.14. The number of hydrogen-bond donors (Lipinski definition) is 2. The molecule has 2 aliphatic heterocycles. The molecule has 35 heavy (non-hydrogen) atoms. The molecule has 1 saturated carbocycles. The number of nitrogens with one attached hydrogen (secondary N) is 1. The Bertz CT molecular complexity index is 1030. The average Bonchev–Trinajstić information content (AvgIpc) is 3.31. The first-order chi connectivity index (χ1) is 17.1. The molecule has 3 atom stereocenters. The molecule has 0 amide bonds. The first-order valence-corrected chi connectivity index (χ1v) is 13.4. The van der Waals surface area contributed by atoms with Crippen molar-refractivity contribution in [3.05, 3.63) is 53.0 Å². The number of hydrogen-bond acceptors (Lipinski definition) is 5. The minimum absolute atomic E-state index is 0.105. The molecule has 0 unspecified atom stereocenters. The maximum absolute atomic E-state index is 15.2. The number of carboxylic acid groups (broad SMARTS) is 1. The van der Waals surface area contributed by atoms with Crippen LogP contribution in [0.3, 0.4) is 0 Å². The van der Waals surface area contributed by atoms with Crippen LogP contribution in [0.5, 0.6) is 0 Å². The second-order valence-electron chi connectivity index (χ2n) is 10.5. The summed E-state index contributed by atoms with van der Waals surface area (Å²) in [5, 5.41) is 13.5. The van der Waals surface area contributed by atoms with E-state index in [9.17, 15) is 9.90 Å². The molecular weight excluding hydrogens is 443 g/mol. The van der Waals surface area contributed by atoms with E-state index in [-0.39, 0.29) is 5.92 Å². The van der Waals surface area contributed by atoms with Gasteiger partial charge in [-0.15, -0.1) is 0 Å². The van der Waals surface area contributed by atoms with Gasteiger partial charge in [0.1, 0.15) is 18.0 Å². The largest absolute Gasteiger partial charge is 0.480 e. The Morgan fingerprint density at radius 2 is 2.09 bits per heavy atom. The summed E-state index contributed by atoms with van der Waals surface area (Å²) in [6, 6.07) is 7.28. The van der Waals surface area contributed by atoms with Crippen molar-refractivity contribution in [3.63, 3.8) is 0 Å². The molecule has 2 N–H and O–H groups in total. The predicted octanol–water partition coefficient (Wildman–Crippen LogP) is 5.30. The van der Waals surface area contributed by atoms with Crippen LogP contribution >= 0.6 is 0 Å². The van der Waals surface area contributed by atoms with Gasteiger partial charge < -0.3 is 10.4 Å². The molecule has 1 saturated heterocycles. The standard InChI is InChI=1S/C28H37FN4O2/c29-24(11-2-1-9-22-13-12-20-8-4-16-31-27(20)32-22)21-14-17-33(18-21)26(28(34)35)23-10-5-15-30-25(23)19-6-3-7-19/h5,10,12-13,15,19,21,24,26H,1-4,6-9,11,14,16-18H2,(H,31,32)(H,34,35)/t21-,24+,26-/m1/s1. The summed E-state index contributed by atoms with van der Waals surface area (Å²) in [6.45, 7) is 2.10. The Hall–Kier alpha value is -2.54. The molecule has 4 heterocycles. The average molecular weight is 481 g/mol. The third kappa shape index (κ3) is 5.50. The minimum atomic E-state index is -0.896. The van der Waals surface area contributed by atoms with Gasteiger partial charge in [-0.25, -0.2) is 9.37 Å². The van der Waals surface area contributed by atoms with E-state index >= 15 is 4.39 Å². The van der Waals surface area contributed by atoms with Gasteiger partial charge in [0, 0.05) is 48.1 Å². The number of aryl methyl sites for hydroxylation is 2. The molecular formula is C28H37FN4O2. The molecule has 1 aliphatic carbocycles. The van der Waals surface area contributed by atoms with Crippen LogP contribution in [-0.4, -0.2) is 51.7 Å². The topological polar surface area (TPSA) is 78.3 Å². The second kappa shape index (κ2) is 11.0. The molecule has 0 spiro atoms. The molecule has 3 aliphatic rings. The van der Waals surface area contributed by atoms with Gasteiger partial charge in [0.15, 0.2) is 0 Å². The number of aliphatic carboxylic acids is 1. The van der Waals surface area contributed by atoms with Gasteiger partial charge in [0.2, 0.25) is 0 Å². The van der Waals surface area contributed by atoms with Crippen molar-refractivity contribution in [2.45, 2.75) is 82.3 Å². The Morgan fingerprint density at radius 3 is 2.89 bits per heavy atom. The summed E-state index contributed by atoms with van der Waals surface area (Å²) in [6.07, 6.45) is 10.3. The van der Waals surface area contributed by atoms with Crippen molar-refractivity contribution < 1.29 is 14.3 Å². The lowest BCUT2D eigenvalue weighted by Gasteiger charge is -2.31. The lowest BCUT2D eigenvalue weighted by atomic mass is 9.80. The number of halogens is 1. The highest BCUT2D eigenvalue weighted by Crippen LogP contribution is 2.40. The van der Waals surface area contributed by atoms with E-state index in [2.05, 4.69) is 22.4 Å². The van der Waals surface area contributed by atoms with E-state index in [0.29, 0.717) is 31.8 Å². The number of likely N-dealkylation sites (tertiary alicyclic amines) is 1. The zero-order valence-corrected chi connectivity index (χ0v) is 20.5. The fourth-order valence-electron chi connectivity index (χ4n) is 5.90. The van der Waals surface area contributed by atoms with Crippen LogP contribution in [-0.2, 0) is 17.6 Å². The highest BCUT2D eigenvalue weighted by Gasteiger charge is 2.39. The highest BCUT2D eigenvalue weighted by molar-refractivity contribution is 5.76.